The summed E-state index contributed by atoms with van der Waals surface area (Å²) >= 11 is 1.27. The zero-order chi connectivity index (χ0) is 11.6. The molecule has 1 N–H and O–H groups in total. The predicted molar refractivity (Wildman–Crippen MR) is 58.3 cm³/mol. The highest BCUT2D eigenvalue weighted by Gasteiger charge is 2.33. The van der Waals surface area contributed by atoms with E-state index < -0.39 is 11.7 Å². The third kappa shape index (κ3) is 2.71. The fourth-order valence-electron chi connectivity index (χ4n) is 1.71. The van der Waals surface area contributed by atoms with E-state index in [4.69, 9.17) is 0 Å². The first-order valence-electron chi connectivity index (χ1n) is 5.13. The summed E-state index contributed by atoms with van der Waals surface area (Å²) in [5.41, 5.74) is -0.534. The van der Waals surface area contributed by atoms with Crippen LogP contribution in [0.2, 0.25) is 0 Å². The number of hydrogen-bond acceptors (Lipinski definition) is 2. The molecule has 1 saturated heterocycles. The number of halogens is 3. The van der Waals surface area contributed by atoms with Crippen LogP contribution in [0, 0.1) is 0 Å². The summed E-state index contributed by atoms with van der Waals surface area (Å²) < 4.78 is 38.1. The van der Waals surface area contributed by atoms with Gasteiger partial charge in [0.2, 0.25) is 0 Å². The van der Waals surface area contributed by atoms with E-state index in [-0.39, 0.29) is 5.37 Å². The molecular formula is C11H12F3NS. The lowest BCUT2D eigenvalue weighted by Crippen LogP contribution is -2.18. The summed E-state index contributed by atoms with van der Waals surface area (Å²) in [5.74, 6) is 0. The SMILES string of the molecule is FC(F)(F)c1ccccc1SC1CCCN1. The molecule has 0 amide bonds. The Morgan fingerprint density at radius 3 is 2.62 bits per heavy atom. The molecule has 5 heteroatoms. The molecule has 0 saturated carbocycles. The first-order valence-corrected chi connectivity index (χ1v) is 6.01. The van der Waals surface area contributed by atoms with Crippen LogP contribution in [0.4, 0.5) is 13.2 Å². The van der Waals surface area contributed by atoms with E-state index in [1.54, 1.807) is 6.07 Å². The van der Waals surface area contributed by atoms with E-state index >= 15 is 0 Å². The van der Waals surface area contributed by atoms with E-state index in [1.807, 2.05) is 0 Å². The Kier molecular flexibility index (Phi) is 3.44. The van der Waals surface area contributed by atoms with Crippen LogP contribution in [0.5, 0.6) is 0 Å². The number of rotatable bonds is 2. The molecule has 0 aromatic heterocycles. The Balaban J connectivity index is 2.19. The Bertz CT molecular complexity index is 358. The average Bonchev–Trinajstić information content (AvgIpc) is 2.70. The van der Waals surface area contributed by atoms with E-state index in [0.29, 0.717) is 4.90 Å². The Morgan fingerprint density at radius 1 is 1.25 bits per heavy atom. The van der Waals surface area contributed by atoms with Gasteiger partial charge in [0, 0.05) is 4.90 Å². The van der Waals surface area contributed by atoms with Crippen LogP contribution in [-0.4, -0.2) is 11.9 Å². The van der Waals surface area contributed by atoms with E-state index in [0.717, 1.165) is 25.5 Å². The van der Waals surface area contributed by atoms with Crippen molar-refractivity contribution in [2.75, 3.05) is 6.54 Å². The molecule has 16 heavy (non-hydrogen) atoms. The van der Waals surface area contributed by atoms with Crippen LogP contribution in [0.1, 0.15) is 18.4 Å². The molecule has 1 fully saturated rings. The lowest BCUT2D eigenvalue weighted by Gasteiger charge is -2.15. The molecular weight excluding hydrogens is 235 g/mol. The van der Waals surface area contributed by atoms with Crippen LogP contribution < -0.4 is 5.32 Å². The quantitative estimate of drug-likeness (QED) is 0.858. The average molecular weight is 247 g/mol. The van der Waals surface area contributed by atoms with Gasteiger partial charge in [0.15, 0.2) is 0 Å². The summed E-state index contributed by atoms with van der Waals surface area (Å²) in [7, 11) is 0. The second-order valence-corrected chi connectivity index (χ2v) is 4.94. The molecule has 1 aliphatic heterocycles. The van der Waals surface area contributed by atoms with Crippen molar-refractivity contribution in [3.63, 3.8) is 0 Å². The monoisotopic (exact) mass is 247 g/mol. The number of hydrogen-bond donors (Lipinski definition) is 1. The lowest BCUT2D eigenvalue weighted by atomic mass is 10.2. The van der Waals surface area contributed by atoms with Gasteiger partial charge >= 0.3 is 6.18 Å². The third-order valence-corrected chi connectivity index (χ3v) is 3.77. The maximum atomic E-state index is 12.7. The fraction of sp³-hybridized carbons (Fsp3) is 0.455. The van der Waals surface area contributed by atoms with Gasteiger partial charge < -0.3 is 5.32 Å². The summed E-state index contributed by atoms with van der Waals surface area (Å²) in [6.45, 7) is 0.895. The van der Waals surface area contributed by atoms with Crippen LogP contribution in [0.15, 0.2) is 29.2 Å². The minimum Gasteiger partial charge on any atom is -0.305 e. The van der Waals surface area contributed by atoms with Gasteiger partial charge in [-0.25, -0.2) is 0 Å². The number of alkyl halides is 3. The van der Waals surface area contributed by atoms with Crippen molar-refractivity contribution in [1.82, 2.24) is 5.32 Å². The van der Waals surface area contributed by atoms with E-state index in [2.05, 4.69) is 5.32 Å². The van der Waals surface area contributed by atoms with Gasteiger partial charge in [-0.1, -0.05) is 12.1 Å². The normalized spacial score (nSPS) is 21.3. The minimum atomic E-state index is -4.26. The lowest BCUT2D eigenvalue weighted by molar-refractivity contribution is -0.139. The zero-order valence-corrected chi connectivity index (χ0v) is 9.37. The first-order chi connectivity index (χ1) is 7.57. The molecule has 2 rings (SSSR count). The van der Waals surface area contributed by atoms with Crippen LogP contribution in [0.25, 0.3) is 0 Å². The minimum absolute atomic E-state index is 0.114. The van der Waals surface area contributed by atoms with Crippen LogP contribution >= 0.6 is 11.8 Å². The van der Waals surface area contributed by atoms with Crippen molar-refractivity contribution < 1.29 is 13.2 Å². The fourth-order valence-corrected chi connectivity index (χ4v) is 2.97. The number of nitrogens with one attached hydrogen (secondary N) is 1. The van der Waals surface area contributed by atoms with E-state index in [9.17, 15) is 13.2 Å². The van der Waals surface area contributed by atoms with Crippen molar-refractivity contribution in [1.29, 1.82) is 0 Å². The van der Waals surface area contributed by atoms with Crippen LogP contribution in [-0.2, 0) is 6.18 Å². The second-order valence-electron chi connectivity index (χ2n) is 3.70. The summed E-state index contributed by atoms with van der Waals surface area (Å²) in [6.07, 6.45) is -2.30. The number of thioether (sulfide) groups is 1. The van der Waals surface area contributed by atoms with Gasteiger partial charge in [0.1, 0.15) is 0 Å². The largest absolute Gasteiger partial charge is 0.417 e. The summed E-state index contributed by atoms with van der Waals surface area (Å²) in [6, 6.07) is 5.74. The third-order valence-electron chi connectivity index (χ3n) is 2.48. The molecule has 1 aromatic carbocycles. The van der Waals surface area contributed by atoms with Crippen molar-refractivity contribution in [2.45, 2.75) is 29.3 Å². The molecule has 1 heterocycles. The number of benzene rings is 1. The van der Waals surface area contributed by atoms with Gasteiger partial charge in [0.25, 0.3) is 0 Å². The topological polar surface area (TPSA) is 12.0 Å². The molecule has 1 aliphatic rings. The molecule has 1 aromatic rings. The smallest absolute Gasteiger partial charge is 0.305 e. The molecule has 0 bridgehead atoms. The highest BCUT2D eigenvalue weighted by atomic mass is 32.2. The standard InChI is InChI=1S/C11H12F3NS/c12-11(13,14)8-4-1-2-5-9(8)16-10-6-3-7-15-10/h1-2,4-5,10,15H,3,6-7H2. The maximum Gasteiger partial charge on any atom is 0.417 e. The maximum absolute atomic E-state index is 12.7. The molecule has 1 atom stereocenters. The second kappa shape index (κ2) is 4.67. The van der Waals surface area contributed by atoms with Gasteiger partial charge in [-0.3, -0.25) is 0 Å². The Morgan fingerprint density at radius 2 is 2.00 bits per heavy atom. The van der Waals surface area contributed by atoms with Gasteiger partial charge in [-0.2, -0.15) is 13.2 Å². The summed E-state index contributed by atoms with van der Waals surface area (Å²) in [5, 5.41) is 3.29. The Labute approximate surface area is 96.4 Å². The Hall–Kier alpha value is -0.680. The van der Waals surface area contributed by atoms with Crippen LogP contribution in [0.3, 0.4) is 0 Å². The molecule has 0 aliphatic carbocycles. The van der Waals surface area contributed by atoms with Gasteiger partial charge in [0.05, 0.1) is 10.9 Å². The zero-order valence-electron chi connectivity index (χ0n) is 8.55. The molecule has 0 spiro atoms. The summed E-state index contributed by atoms with van der Waals surface area (Å²) in [4.78, 5) is 0.314. The predicted octanol–water partition coefficient (Wildman–Crippen LogP) is 3.51. The highest BCUT2D eigenvalue weighted by Crippen LogP contribution is 2.38. The van der Waals surface area contributed by atoms with Crippen molar-refractivity contribution in [3.8, 4) is 0 Å². The highest BCUT2D eigenvalue weighted by molar-refractivity contribution is 8.00. The van der Waals surface area contributed by atoms with Crippen molar-refractivity contribution in [2.24, 2.45) is 0 Å². The van der Waals surface area contributed by atoms with E-state index in [1.165, 1.54) is 23.9 Å². The van der Waals surface area contributed by atoms with Crippen molar-refractivity contribution >= 4 is 11.8 Å². The molecule has 0 radical (unpaired) electrons. The van der Waals surface area contributed by atoms with Gasteiger partial charge in [-0.15, -0.1) is 11.8 Å². The first kappa shape index (κ1) is 11.8. The molecule has 1 unspecified atom stereocenters. The molecule has 88 valence electrons. The molecule has 1 nitrogen and oxygen atoms in total. The van der Waals surface area contributed by atoms with Gasteiger partial charge in [-0.05, 0) is 31.5 Å². The van der Waals surface area contributed by atoms with Crippen molar-refractivity contribution in [3.05, 3.63) is 29.8 Å².